The van der Waals surface area contributed by atoms with Crippen LogP contribution in [0.5, 0.6) is 0 Å². The molecule has 0 bridgehead atoms. The third-order valence-corrected chi connectivity index (χ3v) is 5.93. The highest BCUT2D eigenvalue weighted by molar-refractivity contribution is 5.59. The predicted molar refractivity (Wildman–Crippen MR) is 104 cm³/mol. The van der Waals surface area contributed by atoms with Crippen LogP contribution in [-0.4, -0.2) is 6.61 Å². The number of anilines is 1. The van der Waals surface area contributed by atoms with Crippen LogP contribution in [0, 0.1) is 12.8 Å². The molecule has 2 unspecified atom stereocenters. The molecule has 2 aromatic carbocycles. The lowest BCUT2D eigenvalue weighted by Crippen LogP contribution is -2.33. The highest BCUT2D eigenvalue weighted by atomic mass is 16.5. The molecule has 1 fully saturated rings. The molecule has 132 valence electrons. The Morgan fingerprint density at radius 2 is 1.88 bits per heavy atom. The number of rotatable bonds is 2. The van der Waals surface area contributed by atoms with Crippen LogP contribution in [0.25, 0.3) is 0 Å². The van der Waals surface area contributed by atoms with Crippen molar-refractivity contribution in [2.24, 2.45) is 5.92 Å². The van der Waals surface area contributed by atoms with Crippen LogP contribution in [0.15, 0.2) is 42.5 Å². The first-order valence-electron chi connectivity index (χ1n) is 9.72. The van der Waals surface area contributed by atoms with Crippen molar-refractivity contribution in [2.45, 2.75) is 58.1 Å². The fourth-order valence-electron chi connectivity index (χ4n) is 4.46. The summed E-state index contributed by atoms with van der Waals surface area (Å²) in [6, 6.07) is 16.0. The van der Waals surface area contributed by atoms with Crippen LogP contribution < -0.4 is 5.32 Å². The van der Waals surface area contributed by atoms with E-state index in [4.69, 9.17) is 4.74 Å². The van der Waals surface area contributed by atoms with Crippen molar-refractivity contribution < 1.29 is 4.74 Å². The van der Waals surface area contributed by atoms with Gasteiger partial charge in [-0.3, -0.25) is 0 Å². The van der Waals surface area contributed by atoms with Crippen LogP contribution in [0.3, 0.4) is 0 Å². The van der Waals surface area contributed by atoms with E-state index >= 15 is 0 Å². The van der Waals surface area contributed by atoms with Gasteiger partial charge in [-0.05, 0) is 48.4 Å². The molecule has 0 saturated carbocycles. The van der Waals surface area contributed by atoms with E-state index in [-0.39, 0.29) is 6.10 Å². The Balaban J connectivity index is 1.80. The fraction of sp³-hybridized carbons (Fsp3) is 0.478. The number of ether oxygens (including phenoxy) is 1. The molecule has 2 nitrogen and oxygen atoms in total. The van der Waals surface area contributed by atoms with Gasteiger partial charge in [-0.2, -0.15) is 0 Å². The number of hydrogen-bond acceptors (Lipinski definition) is 2. The quantitative estimate of drug-likeness (QED) is 0.711. The molecule has 0 radical (unpaired) electrons. The first-order valence-corrected chi connectivity index (χ1v) is 9.72. The summed E-state index contributed by atoms with van der Waals surface area (Å²) in [5.74, 6) is 1.04. The van der Waals surface area contributed by atoms with Gasteiger partial charge < -0.3 is 10.1 Å². The third-order valence-electron chi connectivity index (χ3n) is 5.93. The molecule has 0 aliphatic carbocycles. The Kier molecular flexibility index (Phi) is 4.56. The number of aryl methyl sites for hydroxylation is 1. The molecule has 0 spiro atoms. The van der Waals surface area contributed by atoms with Crippen molar-refractivity contribution in [3.05, 3.63) is 64.7 Å². The lowest BCUT2D eigenvalue weighted by atomic mass is 9.77. The number of benzene rings is 2. The summed E-state index contributed by atoms with van der Waals surface area (Å²) < 4.78 is 6.42. The molecule has 2 heterocycles. The van der Waals surface area contributed by atoms with Gasteiger partial charge in [0.25, 0.3) is 0 Å². The molecular weight excluding hydrogens is 306 g/mol. The summed E-state index contributed by atoms with van der Waals surface area (Å²) in [6.45, 7) is 7.63. The van der Waals surface area contributed by atoms with Gasteiger partial charge in [-0.25, -0.2) is 0 Å². The summed E-state index contributed by atoms with van der Waals surface area (Å²) in [4.78, 5) is 0. The molecular formula is C23H29NO. The lowest BCUT2D eigenvalue weighted by molar-refractivity contribution is 0.0141. The largest absolute Gasteiger partial charge is 0.378 e. The molecule has 3 atom stereocenters. The van der Waals surface area contributed by atoms with E-state index < -0.39 is 0 Å². The molecule has 0 aromatic heterocycles. The van der Waals surface area contributed by atoms with Gasteiger partial charge in [-0.1, -0.05) is 56.7 Å². The van der Waals surface area contributed by atoms with E-state index in [0.29, 0.717) is 17.9 Å². The summed E-state index contributed by atoms with van der Waals surface area (Å²) in [5.41, 5.74) is 6.80. The third kappa shape index (κ3) is 3.08. The van der Waals surface area contributed by atoms with E-state index in [9.17, 15) is 0 Å². The minimum Gasteiger partial charge on any atom is -0.378 e. The van der Waals surface area contributed by atoms with Gasteiger partial charge in [0.15, 0.2) is 0 Å². The zero-order valence-corrected chi connectivity index (χ0v) is 15.6. The second-order valence-electron chi connectivity index (χ2n) is 7.93. The smallest absolute Gasteiger partial charge is 0.0895 e. The maximum absolute atomic E-state index is 6.42. The highest BCUT2D eigenvalue weighted by Gasteiger charge is 2.39. The molecule has 0 amide bonds. The number of hydrogen-bond donors (Lipinski definition) is 1. The highest BCUT2D eigenvalue weighted by Crippen LogP contribution is 2.49. The van der Waals surface area contributed by atoms with Crippen LogP contribution in [0.1, 0.15) is 73.4 Å². The van der Waals surface area contributed by atoms with Gasteiger partial charge in [0.2, 0.25) is 0 Å². The van der Waals surface area contributed by atoms with E-state index in [1.54, 1.807) is 0 Å². The Morgan fingerprint density at radius 3 is 2.68 bits per heavy atom. The SMILES string of the molecule is Cc1ccccc1[C@@H]1Nc2ccc(C(C)C)cc2C2OCCCCC21. The molecule has 1 saturated heterocycles. The topological polar surface area (TPSA) is 21.3 Å². The maximum Gasteiger partial charge on any atom is 0.0895 e. The first kappa shape index (κ1) is 16.7. The van der Waals surface area contributed by atoms with Crippen molar-refractivity contribution in [3.63, 3.8) is 0 Å². The van der Waals surface area contributed by atoms with Crippen molar-refractivity contribution in [1.29, 1.82) is 0 Å². The fourth-order valence-corrected chi connectivity index (χ4v) is 4.46. The standard InChI is InChI=1S/C23H29NO/c1-15(2)17-11-12-21-20(14-17)23-19(10-6-7-13-25-23)22(24-21)18-9-5-4-8-16(18)3/h4-5,8-9,11-12,14-15,19,22-24H,6-7,10,13H2,1-3H3/t19?,22-,23?/m0/s1. The molecule has 4 rings (SSSR count). The molecule has 2 aliphatic rings. The normalized spacial score (nSPS) is 25.7. The summed E-state index contributed by atoms with van der Waals surface area (Å²) in [7, 11) is 0. The number of fused-ring (bicyclic) bond motifs is 3. The van der Waals surface area contributed by atoms with Gasteiger partial charge >= 0.3 is 0 Å². The van der Waals surface area contributed by atoms with E-state index in [2.05, 4.69) is 68.6 Å². The maximum atomic E-state index is 6.42. The summed E-state index contributed by atoms with van der Waals surface area (Å²) in [6.07, 6.45) is 3.86. The van der Waals surface area contributed by atoms with E-state index in [1.165, 1.54) is 47.2 Å². The molecule has 1 N–H and O–H groups in total. The molecule has 2 aromatic rings. The van der Waals surface area contributed by atoms with Crippen LogP contribution in [0.4, 0.5) is 5.69 Å². The summed E-state index contributed by atoms with van der Waals surface area (Å²) in [5, 5.41) is 3.87. The van der Waals surface area contributed by atoms with Crippen LogP contribution >= 0.6 is 0 Å². The summed E-state index contributed by atoms with van der Waals surface area (Å²) >= 11 is 0. The minimum absolute atomic E-state index is 0.210. The molecule has 2 aliphatic heterocycles. The second-order valence-corrected chi connectivity index (χ2v) is 7.93. The van der Waals surface area contributed by atoms with Gasteiger partial charge in [0, 0.05) is 23.8 Å². The van der Waals surface area contributed by atoms with Gasteiger partial charge in [-0.15, -0.1) is 0 Å². The zero-order valence-electron chi connectivity index (χ0n) is 15.6. The van der Waals surface area contributed by atoms with E-state index in [1.807, 2.05) is 0 Å². The molecule has 2 heteroatoms. The average molecular weight is 335 g/mol. The molecule has 25 heavy (non-hydrogen) atoms. The van der Waals surface area contributed by atoms with E-state index in [0.717, 1.165) is 6.61 Å². The monoisotopic (exact) mass is 335 g/mol. The van der Waals surface area contributed by atoms with Crippen LogP contribution in [-0.2, 0) is 4.74 Å². The average Bonchev–Trinajstić information content (AvgIpc) is 2.87. The van der Waals surface area contributed by atoms with Crippen molar-refractivity contribution in [1.82, 2.24) is 0 Å². The Hall–Kier alpha value is -1.80. The Labute approximate surface area is 151 Å². The van der Waals surface area contributed by atoms with Crippen molar-refractivity contribution in [3.8, 4) is 0 Å². The predicted octanol–water partition coefficient (Wildman–Crippen LogP) is 6.14. The lowest BCUT2D eigenvalue weighted by Gasteiger charge is -2.40. The number of nitrogens with one attached hydrogen (secondary N) is 1. The zero-order chi connectivity index (χ0) is 17.4. The second kappa shape index (κ2) is 6.84. The van der Waals surface area contributed by atoms with Crippen molar-refractivity contribution in [2.75, 3.05) is 11.9 Å². The Morgan fingerprint density at radius 1 is 1.04 bits per heavy atom. The minimum atomic E-state index is 0.210. The van der Waals surface area contributed by atoms with Crippen molar-refractivity contribution >= 4 is 5.69 Å². The van der Waals surface area contributed by atoms with Crippen LogP contribution in [0.2, 0.25) is 0 Å². The van der Waals surface area contributed by atoms with Gasteiger partial charge in [0.1, 0.15) is 0 Å². The first-order chi connectivity index (χ1) is 12.1. The van der Waals surface area contributed by atoms with Gasteiger partial charge in [0.05, 0.1) is 12.1 Å². The Bertz CT molecular complexity index is 752.